The third kappa shape index (κ3) is 2.71. The lowest BCUT2D eigenvalue weighted by Gasteiger charge is -2.28. The quantitative estimate of drug-likeness (QED) is 0.754. The van der Waals surface area contributed by atoms with Gasteiger partial charge in [-0.25, -0.2) is 0 Å². The van der Waals surface area contributed by atoms with Crippen molar-refractivity contribution in [2.45, 2.75) is 51.0 Å². The van der Waals surface area contributed by atoms with Gasteiger partial charge in [0.1, 0.15) is 0 Å². The molecule has 1 heterocycles. The van der Waals surface area contributed by atoms with E-state index in [1.54, 1.807) is 0 Å². The molecule has 2 heteroatoms. The van der Waals surface area contributed by atoms with Crippen molar-refractivity contribution in [1.29, 1.82) is 0 Å². The molecule has 0 radical (unpaired) electrons. The molecule has 2 rings (SSSR count). The second-order valence-corrected chi connectivity index (χ2v) is 4.90. The highest BCUT2D eigenvalue weighted by Crippen LogP contribution is 2.32. The highest BCUT2D eigenvalue weighted by atomic mass is 16.5. The molecule has 2 fully saturated rings. The van der Waals surface area contributed by atoms with Crippen LogP contribution in [0.2, 0.25) is 0 Å². The minimum absolute atomic E-state index is 0.0537. The van der Waals surface area contributed by atoms with Gasteiger partial charge in [0.05, 0.1) is 6.10 Å². The third-order valence-electron chi connectivity index (χ3n) is 3.86. The number of rotatable bonds is 3. The van der Waals surface area contributed by atoms with Crippen molar-refractivity contribution in [3.05, 3.63) is 0 Å². The molecule has 1 saturated carbocycles. The van der Waals surface area contributed by atoms with Crippen LogP contribution in [0.1, 0.15) is 44.9 Å². The summed E-state index contributed by atoms with van der Waals surface area (Å²) in [5, 5.41) is 10.1. The summed E-state index contributed by atoms with van der Waals surface area (Å²) in [6.07, 6.45) is 8.57. The third-order valence-corrected chi connectivity index (χ3v) is 3.86. The number of hydrogen-bond donors (Lipinski definition) is 1. The number of aliphatic hydroxyl groups is 1. The highest BCUT2D eigenvalue weighted by molar-refractivity contribution is 4.77. The van der Waals surface area contributed by atoms with Gasteiger partial charge in [0.2, 0.25) is 0 Å². The minimum Gasteiger partial charge on any atom is -0.393 e. The summed E-state index contributed by atoms with van der Waals surface area (Å²) >= 11 is 0. The fourth-order valence-corrected chi connectivity index (χ4v) is 2.88. The zero-order chi connectivity index (χ0) is 9.80. The van der Waals surface area contributed by atoms with E-state index >= 15 is 0 Å². The maximum absolute atomic E-state index is 10.1. The average Bonchev–Trinajstić information content (AvgIpc) is 2.72. The highest BCUT2D eigenvalue weighted by Gasteiger charge is 2.26. The summed E-state index contributed by atoms with van der Waals surface area (Å²) in [5.41, 5.74) is 0. The molecule has 1 unspecified atom stereocenters. The summed E-state index contributed by atoms with van der Waals surface area (Å²) < 4.78 is 5.31. The van der Waals surface area contributed by atoms with E-state index in [2.05, 4.69) is 0 Å². The Hall–Kier alpha value is -0.0800. The Morgan fingerprint density at radius 1 is 1.07 bits per heavy atom. The minimum atomic E-state index is -0.0537. The molecule has 1 atom stereocenters. The van der Waals surface area contributed by atoms with E-state index in [1.807, 2.05) is 0 Å². The Balaban J connectivity index is 1.72. The molecule has 1 aliphatic heterocycles. The molecule has 0 amide bonds. The van der Waals surface area contributed by atoms with Gasteiger partial charge in [-0.2, -0.15) is 0 Å². The Morgan fingerprint density at radius 2 is 1.71 bits per heavy atom. The van der Waals surface area contributed by atoms with Gasteiger partial charge in [-0.15, -0.1) is 0 Å². The van der Waals surface area contributed by atoms with Crippen LogP contribution in [0.15, 0.2) is 0 Å². The first-order chi connectivity index (χ1) is 6.86. The molecule has 0 bridgehead atoms. The maximum atomic E-state index is 10.1. The summed E-state index contributed by atoms with van der Waals surface area (Å²) in [6.45, 7) is 1.71. The predicted octanol–water partition coefficient (Wildman–Crippen LogP) is 2.35. The Labute approximate surface area is 86.6 Å². The van der Waals surface area contributed by atoms with Gasteiger partial charge in [0.15, 0.2) is 0 Å². The molecule has 1 N–H and O–H groups in total. The first-order valence-electron chi connectivity index (χ1n) is 6.12. The van der Waals surface area contributed by atoms with Crippen LogP contribution in [0.25, 0.3) is 0 Å². The molecule has 14 heavy (non-hydrogen) atoms. The Kier molecular flexibility index (Phi) is 3.82. The summed E-state index contributed by atoms with van der Waals surface area (Å²) in [7, 11) is 0. The first-order valence-corrected chi connectivity index (χ1v) is 6.12. The molecule has 1 aliphatic carbocycles. The van der Waals surface area contributed by atoms with E-state index in [0.717, 1.165) is 38.4 Å². The molecule has 0 spiro atoms. The normalized spacial score (nSPS) is 28.1. The SMILES string of the molecule is OC(CC1CCCC1)C1CCOCC1. The van der Waals surface area contributed by atoms with Crippen LogP contribution in [0.5, 0.6) is 0 Å². The number of hydrogen-bond acceptors (Lipinski definition) is 2. The molecular weight excluding hydrogens is 176 g/mol. The topological polar surface area (TPSA) is 29.5 Å². The molecule has 82 valence electrons. The van der Waals surface area contributed by atoms with Gasteiger partial charge >= 0.3 is 0 Å². The van der Waals surface area contributed by atoms with Crippen LogP contribution >= 0.6 is 0 Å². The van der Waals surface area contributed by atoms with E-state index in [-0.39, 0.29) is 6.10 Å². The van der Waals surface area contributed by atoms with Gasteiger partial charge in [0.25, 0.3) is 0 Å². The van der Waals surface area contributed by atoms with Crippen molar-refractivity contribution in [2.24, 2.45) is 11.8 Å². The molecule has 2 aliphatic rings. The van der Waals surface area contributed by atoms with Crippen LogP contribution in [0, 0.1) is 11.8 Å². The zero-order valence-electron chi connectivity index (χ0n) is 8.95. The lowest BCUT2D eigenvalue weighted by Crippen LogP contribution is -2.28. The van der Waals surface area contributed by atoms with Crippen molar-refractivity contribution < 1.29 is 9.84 Å². The van der Waals surface area contributed by atoms with Crippen LogP contribution in [-0.4, -0.2) is 24.4 Å². The van der Waals surface area contributed by atoms with Crippen LogP contribution in [0.3, 0.4) is 0 Å². The largest absolute Gasteiger partial charge is 0.393 e. The second-order valence-electron chi connectivity index (χ2n) is 4.90. The van der Waals surface area contributed by atoms with Gasteiger partial charge in [0, 0.05) is 13.2 Å². The maximum Gasteiger partial charge on any atom is 0.0572 e. The molecule has 0 aromatic carbocycles. The molecule has 0 aromatic rings. The summed E-state index contributed by atoms with van der Waals surface area (Å²) in [4.78, 5) is 0. The number of ether oxygens (including phenoxy) is 1. The molecule has 2 nitrogen and oxygen atoms in total. The lowest BCUT2D eigenvalue weighted by atomic mass is 9.87. The van der Waals surface area contributed by atoms with Crippen LogP contribution in [0.4, 0.5) is 0 Å². The van der Waals surface area contributed by atoms with Crippen LogP contribution in [-0.2, 0) is 4.74 Å². The average molecular weight is 198 g/mol. The van der Waals surface area contributed by atoms with Crippen molar-refractivity contribution in [2.75, 3.05) is 13.2 Å². The molecule has 0 aromatic heterocycles. The van der Waals surface area contributed by atoms with Crippen molar-refractivity contribution in [3.8, 4) is 0 Å². The first kappa shape index (κ1) is 10.4. The standard InChI is InChI=1S/C12H22O2/c13-12(9-10-3-1-2-4-10)11-5-7-14-8-6-11/h10-13H,1-9H2. The molecule has 1 saturated heterocycles. The lowest BCUT2D eigenvalue weighted by molar-refractivity contribution is -0.000978. The van der Waals surface area contributed by atoms with E-state index in [9.17, 15) is 5.11 Å². The van der Waals surface area contributed by atoms with Crippen LogP contribution < -0.4 is 0 Å². The van der Waals surface area contributed by atoms with E-state index in [1.165, 1.54) is 25.7 Å². The summed E-state index contributed by atoms with van der Waals surface area (Å²) in [5.74, 6) is 1.33. The zero-order valence-corrected chi connectivity index (χ0v) is 8.95. The van der Waals surface area contributed by atoms with Crippen molar-refractivity contribution in [1.82, 2.24) is 0 Å². The Morgan fingerprint density at radius 3 is 2.36 bits per heavy atom. The van der Waals surface area contributed by atoms with Gasteiger partial charge in [-0.05, 0) is 31.1 Å². The second kappa shape index (κ2) is 5.13. The van der Waals surface area contributed by atoms with Gasteiger partial charge in [-0.3, -0.25) is 0 Å². The number of aliphatic hydroxyl groups excluding tert-OH is 1. The fraction of sp³-hybridized carbons (Fsp3) is 1.00. The van der Waals surface area contributed by atoms with E-state index in [4.69, 9.17) is 4.74 Å². The monoisotopic (exact) mass is 198 g/mol. The smallest absolute Gasteiger partial charge is 0.0572 e. The van der Waals surface area contributed by atoms with E-state index < -0.39 is 0 Å². The van der Waals surface area contributed by atoms with Crippen molar-refractivity contribution >= 4 is 0 Å². The summed E-state index contributed by atoms with van der Waals surface area (Å²) in [6, 6.07) is 0. The van der Waals surface area contributed by atoms with E-state index in [0.29, 0.717) is 5.92 Å². The van der Waals surface area contributed by atoms with Gasteiger partial charge in [-0.1, -0.05) is 25.7 Å². The molecular formula is C12H22O2. The van der Waals surface area contributed by atoms with Gasteiger partial charge < -0.3 is 9.84 Å². The fourth-order valence-electron chi connectivity index (χ4n) is 2.88. The van der Waals surface area contributed by atoms with Crippen molar-refractivity contribution in [3.63, 3.8) is 0 Å². The predicted molar refractivity (Wildman–Crippen MR) is 56.1 cm³/mol. The Bertz CT molecular complexity index is 158.